The van der Waals surface area contributed by atoms with E-state index in [0.717, 1.165) is 25.0 Å². The molecule has 3 aromatic rings. The summed E-state index contributed by atoms with van der Waals surface area (Å²) in [5.41, 5.74) is -1.03. The second-order valence-electron chi connectivity index (χ2n) is 7.47. The van der Waals surface area contributed by atoms with Gasteiger partial charge in [-0.25, -0.2) is 0 Å². The van der Waals surface area contributed by atoms with Crippen LogP contribution in [0.1, 0.15) is 24.0 Å². The minimum atomic E-state index is -4.54. The van der Waals surface area contributed by atoms with Gasteiger partial charge in [0.05, 0.1) is 0 Å². The van der Waals surface area contributed by atoms with Crippen molar-refractivity contribution in [1.82, 2.24) is 9.55 Å². The molecule has 4 nitrogen and oxygen atoms in total. The summed E-state index contributed by atoms with van der Waals surface area (Å²) in [6.45, 7) is 1.06. The number of rotatable bonds is 3. The predicted molar refractivity (Wildman–Crippen MR) is 110 cm³/mol. The van der Waals surface area contributed by atoms with E-state index in [1.165, 1.54) is 34.9 Å². The fourth-order valence-corrected chi connectivity index (χ4v) is 4.89. The number of hydrogen-bond acceptors (Lipinski definition) is 3. The van der Waals surface area contributed by atoms with Crippen molar-refractivity contribution in [2.75, 3.05) is 18.0 Å². The second-order valence-corrected chi connectivity index (χ2v) is 9.45. The van der Waals surface area contributed by atoms with Crippen molar-refractivity contribution in [3.63, 3.8) is 0 Å². The topological polar surface area (TPSA) is 38.1 Å². The van der Waals surface area contributed by atoms with Crippen LogP contribution >= 0.6 is 0 Å². The molecular formula is C21H20AsF4N3O. The number of anilines is 1. The molecule has 1 saturated heterocycles. The van der Waals surface area contributed by atoms with Gasteiger partial charge in [0.15, 0.2) is 0 Å². The molecule has 4 rings (SSSR count). The standard InChI is InChI=1S/C21H20AsF4N3O/c22-14-5-3-9-28(12-14)20-27-18-8-7-15(23)10-16(18)19(30)29(20)11-13-4-1-2-6-17(13)21(24,25)26/h1-2,4,6-8,10,14H,3,5,9,11-12,22H2/t14-/m1/s1. The third-order valence-electron chi connectivity index (χ3n) is 5.29. The molecule has 0 bridgehead atoms. The Labute approximate surface area is 179 Å². The van der Waals surface area contributed by atoms with Crippen molar-refractivity contribution in [3.8, 4) is 0 Å². The number of aromatic nitrogens is 2. The van der Waals surface area contributed by atoms with Gasteiger partial charge in [-0.2, -0.15) is 0 Å². The second kappa shape index (κ2) is 8.06. The molecular weight excluding hydrogens is 461 g/mol. The van der Waals surface area contributed by atoms with Gasteiger partial charge in [-0.05, 0) is 0 Å². The number of piperidine rings is 1. The normalized spacial score (nSPS) is 17.5. The third-order valence-corrected chi connectivity index (χ3v) is 6.43. The van der Waals surface area contributed by atoms with Crippen LogP contribution in [-0.4, -0.2) is 39.5 Å². The van der Waals surface area contributed by atoms with Crippen molar-refractivity contribution in [2.45, 2.75) is 30.3 Å². The van der Waals surface area contributed by atoms with E-state index in [9.17, 15) is 22.4 Å². The van der Waals surface area contributed by atoms with Gasteiger partial charge in [-0.15, -0.1) is 0 Å². The van der Waals surface area contributed by atoms with Gasteiger partial charge < -0.3 is 0 Å². The van der Waals surface area contributed by atoms with E-state index >= 15 is 0 Å². The van der Waals surface area contributed by atoms with Crippen LogP contribution in [0.5, 0.6) is 0 Å². The van der Waals surface area contributed by atoms with Gasteiger partial charge in [0.25, 0.3) is 0 Å². The molecule has 1 unspecified atom stereocenters. The maximum absolute atomic E-state index is 13.8. The quantitative estimate of drug-likeness (QED) is 0.424. The van der Waals surface area contributed by atoms with Crippen LogP contribution in [0.3, 0.4) is 0 Å². The van der Waals surface area contributed by atoms with Gasteiger partial charge in [-0.1, -0.05) is 0 Å². The molecule has 30 heavy (non-hydrogen) atoms. The first-order valence-corrected chi connectivity index (χ1v) is 11.0. The molecule has 1 aromatic heterocycles. The summed E-state index contributed by atoms with van der Waals surface area (Å²) in [7, 11) is 0. The van der Waals surface area contributed by atoms with Gasteiger partial charge in [-0.3, -0.25) is 0 Å². The van der Waals surface area contributed by atoms with Crippen LogP contribution in [0, 0.1) is 5.82 Å². The fraction of sp³-hybridized carbons (Fsp3) is 0.333. The molecule has 0 spiro atoms. The Morgan fingerprint density at radius 2 is 1.93 bits per heavy atom. The SMILES string of the molecule is O=c1c2cc(F)ccc2nc(N2CCC[C@@H]([AsH2])C2)n1Cc1ccccc1C(F)(F)F. The Morgan fingerprint density at radius 1 is 1.17 bits per heavy atom. The number of hydrogen-bond donors (Lipinski definition) is 0. The van der Waals surface area contributed by atoms with Crippen molar-refractivity contribution in [2.24, 2.45) is 0 Å². The first kappa shape index (κ1) is 20.9. The molecule has 9 heteroatoms. The van der Waals surface area contributed by atoms with Crippen LogP contribution in [-0.2, 0) is 12.7 Å². The number of nitrogens with zero attached hydrogens (tertiary/aromatic N) is 3. The predicted octanol–water partition coefficient (Wildman–Crippen LogP) is 3.62. The van der Waals surface area contributed by atoms with Crippen LogP contribution in [0.4, 0.5) is 23.5 Å². The van der Waals surface area contributed by atoms with Gasteiger partial charge in [0.2, 0.25) is 0 Å². The summed E-state index contributed by atoms with van der Waals surface area (Å²) in [5, 5.41) is 0.0533. The van der Waals surface area contributed by atoms with E-state index in [4.69, 9.17) is 0 Å². The molecule has 1 fully saturated rings. The Bertz CT molecular complexity index is 1150. The Hall–Kier alpha value is -2.34. The first-order valence-electron chi connectivity index (χ1n) is 9.60. The van der Waals surface area contributed by atoms with Crippen molar-refractivity contribution < 1.29 is 17.6 Å². The monoisotopic (exact) mass is 481 g/mol. The van der Waals surface area contributed by atoms with E-state index in [0.29, 0.717) is 29.3 Å². The van der Waals surface area contributed by atoms with Crippen molar-refractivity contribution >= 4 is 33.7 Å². The zero-order chi connectivity index (χ0) is 21.5. The molecule has 0 aliphatic carbocycles. The van der Waals surface area contributed by atoms with Crippen LogP contribution < -0.4 is 10.5 Å². The Morgan fingerprint density at radius 3 is 2.67 bits per heavy atom. The molecule has 0 radical (unpaired) electrons. The number of fused-ring (bicyclic) bond motifs is 1. The van der Waals surface area contributed by atoms with E-state index in [1.54, 1.807) is 16.9 Å². The average molecular weight is 481 g/mol. The van der Waals surface area contributed by atoms with Crippen LogP contribution in [0.2, 0.25) is 4.71 Å². The maximum atomic E-state index is 13.8. The number of benzene rings is 2. The van der Waals surface area contributed by atoms with Crippen LogP contribution in [0.15, 0.2) is 47.3 Å². The summed E-state index contributed by atoms with van der Waals surface area (Å²) in [4.78, 5) is 19.8. The van der Waals surface area contributed by atoms with E-state index < -0.39 is 23.1 Å². The molecule has 2 heterocycles. The first-order chi connectivity index (χ1) is 14.2. The average Bonchev–Trinajstić information content (AvgIpc) is 2.70. The summed E-state index contributed by atoms with van der Waals surface area (Å²) in [6.07, 6.45) is -2.56. The molecule has 2 atom stereocenters. The van der Waals surface area contributed by atoms with E-state index in [1.807, 2.05) is 4.90 Å². The van der Waals surface area contributed by atoms with Gasteiger partial charge in [0.1, 0.15) is 0 Å². The minimum absolute atomic E-state index is 0.0276. The molecule has 2 aromatic carbocycles. The molecule has 158 valence electrons. The summed E-state index contributed by atoms with van der Waals surface area (Å²) < 4.78 is 56.0. The van der Waals surface area contributed by atoms with Crippen molar-refractivity contribution in [3.05, 3.63) is 69.8 Å². The summed E-state index contributed by atoms with van der Waals surface area (Å²) >= 11 is 1.59. The zero-order valence-electron chi connectivity index (χ0n) is 16.0. The zero-order valence-corrected chi connectivity index (χ0v) is 18.4. The molecule has 0 N–H and O–H groups in total. The summed E-state index contributed by atoms with van der Waals surface area (Å²) in [6, 6.07) is 8.93. The fourth-order valence-electron chi connectivity index (χ4n) is 3.86. The Balaban J connectivity index is 1.90. The summed E-state index contributed by atoms with van der Waals surface area (Å²) in [5.74, 6) is -0.260. The Kier molecular flexibility index (Phi) is 5.62. The van der Waals surface area contributed by atoms with Gasteiger partial charge >= 0.3 is 179 Å². The molecule has 0 amide bonds. The van der Waals surface area contributed by atoms with E-state index in [2.05, 4.69) is 4.98 Å². The molecule has 1 aliphatic heterocycles. The molecule has 1 aliphatic rings. The van der Waals surface area contributed by atoms with Crippen molar-refractivity contribution in [1.29, 1.82) is 0 Å². The molecule has 0 saturated carbocycles. The number of halogens is 4. The van der Waals surface area contributed by atoms with E-state index in [-0.39, 0.29) is 17.5 Å². The van der Waals surface area contributed by atoms with Crippen LogP contribution in [0.25, 0.3) is 10.9 Å². The van der Waals surface area contributed by atoms with Gasteiger partial charge in [0, 0.05) is 0 Å². The third kappa shape index (κ3) is 4.10. The number of alkyl halides is 3.